The molecule has 0 N–H and O–H groups in total. The summed E-state index contributed by atoms with van der Waals surface area (Å²) in [5.41, 5.74) is 14.5. The number of fused-ring (bicyclic) bond motifs is 7. The summed E-state index contributed by atoms with van der Waals surface area (Å²) >= 11 is 1.83. The first-order valence-corrected chi connectivity index (χ1v) is 21.3. The van der Waals surface area contributed by atoms with Gasteiger partial charge in [0.25, 0.3) is 0 Å². The third-order valence-corrected chi connectivity index (χ3v) is 13.5. The van der Waals surface area contributed by atoms with E-state index in [0.717, 1.165) is 33.5 Å². The lowest BCUT2D eigenvalue weighted by molar-refractivity contribution is 0.768. The molecule has 0 spiro atoms. The van der Waals surface area contributed by atoms with Gasteiger partial charge in [0.05, 0.1) is 16.8 Å². The van der Waals surface area contributed by atoms with Crippen LogP contribution in [0.2, 0.25) is 0 Å². The van der Waals surface area contributed by atoms with Crippen molar-refractivity contribution in [2.45, 2.75) is 5.41 Å². The molecule has 12 rings (SSSR count). The normalized spacial score (nSPS) is 12.8. The molecule has 1 aliphatic rings. The minimum absolute atomic E-state index is 0.471. The van der Waals surface area contributed by atoms with Gasteiger partial charge in [-0.15, -0.1) is 11.3 Å². The average molecular weight is 781 g/mol. The summed E-state index contributed by atoms with van der Waals surface area (Å²) in [6.45, 7) is 0. The summed E-state index contributed by atoms with van der Waals surface area (Å²) in [6.07, 6.45) is 0. The number of hydrogen-bond acceptors (Lipinski definition) is 3. The summed E-state index contributed by atoms with van der Waals surface area (Å²) in [7, 11) is 0. The van der Waals surface area contributed by atoms with Crippen molar-refractivity contribution >= 4 is 42.3 Å². The van der Waals surface area contributed by atoms with E-state index in [9.17, 15) is 0 Å². The van der Waals surface area contributed by atoms with Crippen molar-refractivity contribution < 1.29 is 0 Å². The molecule has 60 heavy (non-hydrogen) atoms. The highest BCUT2D eigenvalue weighted by molar-refractivity contribution is 7.25. The van der Waals surface area contributed by atoms with Crippen LogP contribution in [0.25, 0.3) is 87.1 Å². The van der Waals surface area contributed by atoms with Gasteiger partial charge in [0.15, 0.2) is 5.82 Å². The standard InChI is InChI=1S/C57H36N2S/c1-4-17-37(18-5-1)51-36-52(38-31-32-45-44-25-13-15-30-53(44)60-54(45)35-38)59-56(58-51)47-34-33-43(41-23-10-11-24-42(41)47)46-27-16-29-50-55(46)48-26-12-14-28-49(48)57(50,39-19-6-2-7-20-39)40-21-8-3-9-22-40/h1-36H. The van der Waals surface area contributed by atoms with Gasteiger partial charge in [0.2, 0.25) is 0 Å². The first-order chi connectivity index (χ1) is 29.8. The largest absolute Gasteiger partial charge is 0.228 e. The molecule has 0 atom stereocenters. The fourth-order valence-electron chi connectivity index (χ4n) is 9.80. The van der Waals surface area contributed by atoms with Crippen LogP contribution in [0.5, 0.6) is 0 Å². The molecule has 0 saturated carbocycles. The van der Waals surface area contributed by atoms with E-state index in [0.29, 0.717) is 5.82 Å². The third-order valence-electron chi connectivity index (χ3n) is 12.4. The van der Waals surface area contributed by atoms with Crippen LogP contribution < -0.4 is 0 Å². The van der Waals surface area contributed by atoms with Crippen LogP contribution in [-0.4, -0.2) is 9.97 Å². The van der Waals surface area contributed by atoms with E-state index in [1.54, 1.807) is 0 Å². The van der Waals surface area contributed by atoms with Crippen LogP contribution >= 0.6 is 11.3 Å². The topological polar surface area (TPSA) is 25.8 Å². The third kappa shape index (κ3) is 5.26. The first-order valence-electron chi connectivity index (χ1n) is 20.5. The van der Waals surface area contributed by atoms with Gasteiger partial charge in [0.1, 0.15) is 0 Å². The van der Waals surface area contributed by atoms with Crippen molar-refractivity contribution in [1.82, 2.24) is 9.97 Å². The molecule has 2 heterocycles. The van der Waals surface area contributed by atoms with Gasteiger partial charge >= 0.3 is 0 Å². The van der Waals surface area contributed by atoms with Crippen molar-refractivity contribution in [3.05, 3.63) is 241 Å². The number of nitrogens with zero attached hydrogens (tertiary/aromatic N) is 2. The highest BCUT2D eigenvalue weighted by atomic mass is 32.1. The molecule has 2 aromatic heterocycles. The van der Waals surface area contributed by atoms with Crippen molar-refractivity contribution in [2.75, 3.05) is 0 Å². The lowest BCUT2D eigenvalue weighted by Crippen LogP contribution is -2.28. The molecule has 1 aliphatic carbocycles. The molecule has 0 bridgehead atoms. The quantitative estimate of drug-likeness (QED) is 0.168. The zero-order chi connectivity index (χ0) is 39.6. The minimum Gasteiger partial charge on any atom is -0.228 e. The molecule has 0 unspecified atom stereocenters. The van der Waals surface area contributed by atoms with Gasteiger partial charge in [-0.2, -0.15) is 0 Å². The number of thiophene rings is 1. The van der Waals surface area contributed by atoms with Crippen LogP contribution in [0.3, 0.4) is 0 Å². The number of rotatable bonds is 6. The second-order valence-electron chi connectivity index (χ2n) is 15.6. The monoisotopic (exact) mass is 780 g/mol. The van der Waals surface area contributed by atoms with Crippen LogP contribution in [0.1, 0.15) is 22.3 Å². The zero-order valence-corrected chi connectivity index (χ0v) is 33.4. The lowest BCUT2D eigenvalue weighted by atomic mass is 9.67. The molecule has 9 aromatic carbocycles. The predicted molar refractivity (Wildman–Crippen MR) is 251 cm³/mol. The van der Waals surface area contributed by atoms with Gasteiger partial charge in [-0.3, -0.25) is 0 Å². The Balaban J connectivity index is 1.07. The molecule has 0 fully saturated rings. The number of benzene rings is 9. The Morgan fingerprint density at radius 1 is 0.333 bits per heavy atom. The molecule has 0 radical (unpaired) electrons. The molecule has 0 saturated heterocycles. The fraction of sp³-hybridized carbons (Fsp3) is 0.0175. The highest BCUT2D eigenvalue weighted by Gasteiger charge is 2.46. The Morgan fingerprint density at radius 3 is 1.63 bits per heavy atom. The van der Waals surface area contributed by atoms with Gasteiger partial charge in [0, 0.05) is 36.9 Å². The maximum absolute atomic E-state index is 5.38. The molecule has 11 aromatic rings. The van der Waals surface area contributed by atoms with Gasteiger partial charge < -0.3 is 0 Å². The summed E-state index contributed by atoms with van der Waals surface area (Å²) < 4.78 is 2.55. The average Bonchev–Trinajstić information content (AvgIpc) is 3.85. The van der Waals surface area contributed by atoms with Crippen molar-refractivity contribution in [3.63, 3.8) is 0 Å². The number of hydrogen-bond donors (Lipinski definition) is 0. The van der Waals surface area contributed by atoms with Crippen LogP contribution in [0, 0.1) is 0 Å². The number of aromatic nitrogens is 2. The Bertz CT molecular complexity index is 3380. The predicted octanol–water partition coefficient (Wildman–Crippen LogP) is 15.0. The Morgan fingerprint density at radius 2 is 0.883 bits per heavy atom. The minimum atomic E-state index is -0.471. The molecular formula is C57H36N2S. The summed E-state index contributed by atoms with van der Waals surface area (Å²) in [5.74, 6) is 0.710. The Labute approximate surface area is 352 Å². The Hall–Kier alpha value is -7.46. The van der Waals surface area contributed by atoms with Gasteiger partial charge in [-0.05, 0) is 79.5 Å². The second-order valence-corrected chi connectivity index (χ2v) is 16.7. The molecule has 0 aliphatic heterocycles. The fourth-order valence-corrected chi connectivity index (χ4v) is 10.9. The summed E-state index contributed by atoms with van der Waals surface area (Å²) in [6, 6.07) is 79.2. The Kier molecular flexibility index (Phi) is 7.97. The van der Waals surface area contributed by atoms with E-state index in [-0.39, 0.29) is 0 Å². The van der Waals surface area contributed by atoms with Gasteiger partial charge in [-0.25, -0.2) is 9.97 Å². The van der Waals surface area contributed by atoms with E-state index in [1.165, 1.54) is 70.1 Å². The van der Waals surface area contributed by atoms with E-state index in [4.69, 9.17) is 9.97 Å². The van der Waals surface area contributed by atoms with Crippen molar-refractivity contribution in [3.8, 4) is 56.2 Å². The van der Waals surface area contributed by atoms with Crippen LogP contribution in [0.15, 0.2) is 218 Å². The van der Waals surface area contributed by atoms with Crippen molar-refractivity contribution in [1.29, 1.82) is 0 Å². The molecule has 280 valence electrons. The van der Waals surface area contributed by atoms with Crippen molar-refractivity contribution in [2.24, 2.45) is 0 Å². The maximum atomic E-state index is 5.38. The first kappa shape index (κ1) is 34.6. The highest BCUT2D eigenvalue weighted by Crippen LogP contribution is 2.58. The second kappa shape index (κ2) is 13.8. The lowest BCUT2D eigenvalue weighted by Gasteiger charge is -2.34. The molecule has 0 amide bonds. The molecule has 3 heteroatoms. The van der Waals surface area contributed by atoms with Crippen LogP contribution in [0.4, 0.5) is 0 Å². The molecule has 2 nitrogen and oxygen atoms in total. The zero-order valence-electron chi connectivity index (χ0n) is 32.6. The SMILES string of the molecule is c1ccc(-c2cc(-c3ccc4c(c3)sc3ccccc34)nc(-c3ccc(-c4cccc5c4-c4ccccc4C5(c4ccccc4)c4ccccc4)c4ccccc34)n2)cc1. The summed E-state index contributed by atoms with van der Waals surface area (Å²) in [4.78, 5) is 10.7. The van der Waals surface area contributed by atoms with E-state index < -0.39 is 5.41 Å². The molecular weight excluding hydrogens is 745 g/mol. The van der Waals surface area contributed by atoms with E-state index in [1.807, 2.05) is 11.3 Å². The van der Waals surface area contributed by atoms with Gasteiger partial charge in [-0.1, -0.05) is 194 Å². The van der Waals surface area contributed by atoms with Crippen LogP contribution in [-0.2, 0) is 5.41 Å². The smallest absolute Gasteiger partial charge is 0.161 e. The van der Waals surface area contributed by atoms with E-state index in [2.05, 4.69) is 218 Å². The van der Waals surface area contributed by atoms with E-state index >= 15 is 0 Å². The maximum Gasteiger partial charge on any atom is 0.161 e. The summed E-state index contributed by atoms with van der Waals surface area (Å²) in [5, 5.41) is 4.85.